The third kappa shape index (κ3) is 2.16. The van der Waals surface area contributed by atoms with Crippen LogP contribution in [0.5, 0.6) is 0 Å². The summed E-state index contributed by atoms with van der Waals surface area (Å²) >= 11 is 6.02. The number of hydrogen-bond donors (Lipinski definition) is 0. The fourth-order valence-corrected chi connectivity index (χ4v) is 1.53. The second kappa shape index (κ2) is 4.14. The van der Waals surface area contributed by atoms with Crippen LogP contribution in [0.15, 0.2) is 12.1 Å². The van der Waals surface area contributed by atoms with E-state index in [9.17, 15) is 4.79 Å². The summed E-state index contributed by atoms with van der Waals surface area (Å²) in [6.07, 6.45) is 0. The van der Waals surface area contributed by atoms with E-state index in [0.29, 0.717) is 0 Å². The predicted octanol–water partition coefficient (Wildman–Crippen LogP) is 3.80. The molecule has 0 saturated heterocycles. The highest BCUT2D eigenvalue weighted by Gasteiger charge is 2.12. The number of benzene rings is 1. The highest BCUT2D eigenvalue weighted by molar-refractivity contribution is 6.32. The Balaban J connectivity index is 3.19. The van der Waals surface area contributed by atoms with E-state index in [1.165, 1.54) is 0 Å². The van der Waals surface area contributed by atoms with Crippen LogP contribution in [0.25, 0.3) is 0 Å². The van der Waals surface area contributed by atoms with Crippen molar-refractivity contribution in [1.82, 2.24) is 0 Å². The van der Waals surface area contributed by atoms with Gasteiger partial charge in [0, 0.05) is 16.5 Å². The first-order valence-corrected chi connectivity index (χ1v) is 5.12. The number of carbonyl (C=O) groups is 1. The van der Waals surface area contributed by atoms with Gasteiger partial charge in [-0.3, -0.25) is 4.79 Å². The molecule has 1 aromatic carbocycles. The van der Waals surface area contributed by atoms with Crippen LogP contribution < -0.4 is 0 Å². The smallest absolute Gasteiger partial charge is 0.165 e. The quantitative estimate of drug-likeness (QED) is 0.679. The normalized spacial score (nSPS) is 10.7. The molecule has 0 aliphatic rings. The van der Waals surface area contributed by atoms with Gasteiger partial charge in [0.05, 0.1) is 0 Å². The van der Waals surface area contributed by atoms with E-state index in [4.69, 9.17) is 11.6 Å². The predicted molar refractivity (Wildman–Crippen MR) is 60.1 cm³/mol. The molecule has 14 heavy (non-hydrogen) atoms. The van der Waals surface area contributed by atoms with E-state index in [-0.39, 0.29) is 11.7 Å². The molecule has 1 nitrogen and oxygen atoms in total. The summed E-state index contributed by atoms with van der Waals surface area (Å²) in [7, 11) is 0. The van der Waals surface area contributed by atoms with Crippen LogP contribution in [-0.2, 0) is 0 Å². The maximum Gasteiger partial charge on any atom is 0.165 e. The Morgan fingerprint density at radius 1 is 1.21 bits per heavy atom. The molecule has 0 saturated carbocycles. The van der Waals surface area contributed by atoms with Gasteiger partial charge in [0.2, 0.25) is 0 Å². The van der Waals surface area contributed by atoms with Crippen molar-refractivity contribution in [2.24, 2.45) is 5.92 Å². The van der Waals surface area contributed by atoms with E-state index in [1.807, 2.05) is 39.8 Å². The second-order valence-corrected chi connectivity index (χ2v) is 4.32. The summed E-state index contributed by atoms with van der Waals surface area (Å²) in [4.78, 5) is 11.7. The number of aryl methyl sites for hydroxylation is 2. The Kier molecular flexibility index (Phi) is 3.33. The molecule has 0 aliphatic heterocycles. The molecule has 0 bridgehead atoms. The lowest BCUT2D eigenvalue weighted by atomic mass is 9.98. The van der Waals surface area contributed by atoms with Crippen LogP contribution in [0, 0.1) is 19.8 Å². The Hall–Kier alpha value is -0.820. The molecule has 2 heteroatoms. The summed E-state index contributed by atoms with van der Waals surface area (Å²) in [5.74, 6) is 0.211. The first kappa shape index (κ1) is 11.3. The molecule has 0 atom stereocenters. The molecule has 0 spiro atoms. The lowest BCUT2D eigenvalue weighted by molar-refractivity contribution is 0.0939. The minimum Gasteiger partial charge on any atom is -0.294 e. The molecule has 1 aromatic rings. The van der Waals surface area contributed by atoms with Crippen LogP contribution in [0.1, 0.15) is 35.3 Å². The molecule has 0 radical (unpaired) electrons. The zero-order valence-corrected chi connectivity index (χ0v) is 9.77. The van der Waals surface area contributed by atoms with Crippen LogP contribution in [0.3, 0.4) is 0 Å². The number of hydrogen-bond acceptors (Lipinski definition) is 1. The lowest BCUT2D eigenvalue weighted by Gasteiger charge is -2.08. The van der Waals surface area contributed by atoms with Crippen molar-refractivity contribution < 1.29 is 4.79 Å². The van der Waals surface area contributed by atoms with Gasteiger partial charge in [-0.1, -0.05) is 25.4 Å². The van der Waals surface area contributed by atoms with E-state index in [2.05, 4.69) is 0 Å². The highest BCUT2D eigenvalue weighted by atomic mass is 35.5. The lowest BCUT2D eigenvalue weighted by Crippen LogP contribution is -2.08. The van der Waals surface area contributed by atoms with Crippen LogP contribution in [0.2, 0.25) is 5.02 Å². The molecule has 0 amide bonds. The summed E-state index contributed by atoms with van der Waals surface area (Å²) in [5.41, 5.74) is 2.70. The molecule has 0 N–H and O–H groups in total. The van der Waals surface area contributed by atoms with Crippen molar-refractivity contribution in [2.45, 2.75) is 27.7 Å². The molecular formula is C12H15ClO. The largest absolute Gasteiger partial charge is 0.294 e. The van der Waals surface area contributed by atoms with Crippen LogP contribution >= 0.6 is 11.6 Å². The van der Waals surface area contributed by atoms with Crippen molar-refractivity contribution in [1.29, 1.82) is 0 Å². The second-order valence-electron chi connectivity index (χ2n) is 3.94. The molecule has 0 aliphatic carbocycles. The van der Waals surface area contributed by atoms with Crippen molar-refractivity contribution in [3.8, 4) is 0 Å². The van der Waals surface area contributed by atoms with E-state index < -0.39 is 0 Å². The number of halogens is 1. The third-order valence-electron chi connectivity index (χ3n) is 2.25. The summed E-state index contributed by atoms with van der Waals surface area (Å²) in [5, 5.41) is 0.755. The molecular weight excluding hydrogens is 196 g/mol. The maximum absolute atomic E-state index is 11.7. The molecule has 0 fully saturated rings. The maximum atomic E-state index is 11.7. The first-order valence-electron chi connectivity index (χ1n) is 4.74. The van der Waals surface area contributed by atoms with Gasteiger partial charge < -0.3 is 0 Å². The van der Waals surface area contributed by atoms with Crippen molar-refractivity contribution in [3.05, 3.63) is 33.8 Å². The number of carbonyl (C=O) groups excluding carboxylic acids is 1. The monoisotopic (exact) mass is 210 g/mol. The summed E-state index contributed by atoms with van der Waals surface area (Å²) in [6.45, 7) is 7.65. The Morgan fingerprint density at radius 3 is 2.00 bits per heavy atom. The average Bonchev–Trinajstić information content (AvgIpc) is 2.12. The van der Waals surface area contributed by atoms with Crippen LogP contribution in [-0.4, -0.2) is 5.78 Å². The Labute approximate surface area is 90.1 Å². The molecule has 1 rings (SSSR count). The Bertz CT molecular complexity index is 344. The topological polar surface area (TPSA) is 17.1 Å². The van der Waals surface area contributed by atoms with Gasteiger partial charge in [0.1, 0.15) is 0 Å². The fourth-order valence-electron chi connectivity index (χ4n) is 1.42. The summed E-state index contributed by atoms with van der Waals surface area (Å²) < 4.78 is 0. The summed E-state index contributed by atoms with van der Waals surface area (Å²) in [6, 6.07) is 3.72. The number of Topliss-reactive ketones (excluding diaryl/α,β-unsaturated/α-hetero) is 1. The Morgan fingerprint density at radius 2 is 1.64 bits per heavy atom. The van der Waals surface area contributed by atoms with E-state index in [1.54, 1.807) is 0 Å². The van der Waals surface area contributed by atoms with Crippen molar-refractivity contribution in [2.75, 3.05) is 0 Å². The van der Waals surface area contributed by atoms with Gasteiger partial charge in [-0.25, -0.2) is 0 Å². The van der Waals surface area contributed by atoms with Crippen molar-refractivity contribution in [3.63, 3.8) is 0 Å². The third-order valence-corrected chi connectivity index (χ3v) is 2.84. The molecule has 0 aromatic heterocycles. The van der Waals surface area contributed by atoms with E-state index >= 15 is 0 Å². The van der Waals surface area contributed by atoms with Gasteiger partial charge in [0.25, 0.3) is 0 Å². The molecule has 0 heterocycles. The first-order chi connectivity index (χ1) is 6.43. The van der Waals surface area contributed by atoms with Gasteiger partial charge in [-0.2, -0.15) is 0 Å². The van der Waals surface area contributed by atoms with Crippen molar-refractivity contribution >= 4 is 17.4 Å². The minimum absolute atomic E-state index is 0.0370. The molecule has 76 valence electrons. The SMILES string of the molecule is Cc1cc(C(=O)C(C)C)cc(C)c1Cl. The number of rotatable bonds is 2. The van der Waals surface area contributed by atoms with Gasteiger partial charge in [-0.15, -0.1) is 0 Å². The molecule has 0 unspecified atom stereocenters. The average molecular weight is 211 g/mol. The fraction of sp³-hybridized carbons (Fsp3) is 0.417. The van der Waals surface area contributed by atoms with Gasteiger partial charge >= 0.3 is 0 Å². The standard InChI is InChI=1S/C12H15ClO/c1-7(2)12(14)10-5-8(3)11(13)9(4)6-10/h5-7H,1-4H3. The van der Waals surface area contributed by atoms with Crippen LogP contribution in [0.4, 0.5) is 0 Å². The van der Waals surface area contributed by atoms with E-state index in [0.717, 1.165) is 21.7 Å². The van der Waals surface area contributed by atoms with Gasteiger partial charge in [0.15, 0.2) is 5.78 Å². The number of ketones is 1. The minimum atomic E-state index is 0.0370. The highest BCUT2D eigenvalue weighted by Crippen LogP contribution is 2.23. The zero-order valence-electron chi connectivity index (χ0n) is 9.02. The van der Waals surface area contributed by atoms with Gasteiger partial charge in [-0.05, 0) is 37.1 Å². The zero-order chi connectivity index (χ0) is 10.9.